The predicted molar refractivity (Wildman–Crippen MR) is 78.9 cm³/mol. The second-order valence-corrected chi connectivity index (χ2v) is 4.77. The molecule has 0 saturated carbocycles. The fraction of sp³-hybridized carbons (Fsp3) is 0.533. The van der Waals surface area contributed by atoms with Crippen LogP contribution in [0.3, 0.4) is 0 Å². The average molecular weight is 280 g/mol. The minimum Gasteiger partial charge on any atom is -0.494 e. The Morgan fingerprint density at radius 1 is 1.40 bits per heavy atom. The summed E-state index contributed by atoms with van der Waals surface area (Å²) in [6.07, 6.45) is 0.136. The van der Waals surface area contributed by atoms with Crippen molar-refractivity contribution in [2.24, 2.45) is 0 Å². The molecule has 2 unspecified atom stereocenters. The summed E-state index contributed by atoms with van der Waals surface area (Å²) in [5, 5.41) is 14.7. The summed E-state index contributed by atoms with van der Waals surface area (Å²) in [5.41, 5.74) is 0.988. The van der Waals surface area contributed by atoms with Gasteiger partial charge in [-0.15, -0.1) is 0 Å². The van der Waals surface area contributed by atoms with Crippen molar-refractivity contribution in [3.8, 4) is 5.75 Å². The lowest BCUT2D eigenvalue weighted by molar-refractivity contribution is 0.183. The summed E-state index contributed by atoms with van der Waals surface area (Å²) in [4.78, 5) is 11.7. The van der Waals surface area contributed by atoms with Gasteiger partial charge in [-0.3, -0.25) is 0 Å². The molecule has 0 spiro atoms. The molecule has 2 atom stereocenters. The van der Waals surface area contributed by atoms with Crippen molar-refractivity contribution >= 4 is 6.03 Å². The highest BCUT2D eigenvalue weighted by Crippen LogP contribution is 2.18. The van der Waals surface area contributed by atoms with E-state index in [0.717, 1.165) is 11.3 Å². The Bertz CT molecular complexity index is 421. The van der Waals surface area contributed by atoms with E-state index in [1.165, 1.54) is 0 Å². The first-order valence-electron chi connectivity index (χ1n) is 6.98. The normalized spacial score (nSPS) is 13.4. The number of aliphatic hydroxyl groups excluding tert-OH is 1. The van der Waals surface area contributed by atoms with Crippen molar-refractivity contribution in [3.05, 3.63) is 29.8 Å². The zero-order valence-corrected chi connectivity index (χ0v) is 12.3. The van der Waals surface area contributed by atoms with Crippen molar-refractivity contribution in [3.63, 3.8) is 0 Å². The van der Waals surface area contributed by atoms with Crippen LogP contribution in [0.25, 0.3) is 0 Å². The number of urea groups is 1. The SMILES string of the molecule is CCOc1cccc(C(C)NC(=O)NCCC(C)O)c1. The topological polar surface area (TPSA) is 70.6 Å². The molecule has 0 bridgehead atoms. The van der Waals surface area contributed by atoms with Gasteiger partial charge in [0.2, 0.25) is 0 Å². The Labute approximate surface area is 120 Å². The number of hydrogen-bond acceptors (Lipinski definition) is 3. The fourth-order valence-electron chi connectivity index (χ4n) is 1.77. The summed E-state index contributed by atoms with van der Waals surface area (Å²) >= 11 is 0. The van der Waals surface area contributed by atoms with Gasteiger partial charge in [0, 0.05) is 6.54 Å². The molecule has 2 amide bonds. The molecule has 5 heteroatoms. The minimum absolute atomic E-state index is 0.109. The molecule has 112 valence electrons. The molecule has 0 aliphatic rings. The molecule has 1 aromatic rings. The number of hydrogen-bond donors (Lipinski definition) is 3. The molecular formula is C15H24N2O3. The Kier molecular flexibility index (Phi) is 6.87. The van der Waals surface area contributed by atoms with Gasteiger partial charge >= 0.3 is 6.03 Å². The van der Waals surface area contributed by atoms with Crippen LogP contribution in [0.5, 0.6) is 5.75 Å². The number of benzene rings is 1. The van der Waals surface area contributed by atoms with E-state index in [1.54, 1.807) is 6.92 Å². The first-order valence-corrected chi connectivity index (χ1v) is 6.98. The van der Waals surface area contributed by atoms with Gasteiger partial charge in [-0.1, -0.05) is 12.1 Å². The highest BCUT2D eigenvalue weighted by Gasteiger charge is 2.10. The van der Waals surface area contributed by atoms with Crippen molar-refractivity contribution < 1.29 is 14.6 Å². The number of nitrogens with one attached hydrogen (secondary N) is 2. The Morgan fingerprint density at radius 2 is 2.15 bits per heavy atom. The van der Waals surface area contributed by atoms with Gasteiger partial charge in [0.25, 0.3) is 0 Å². The molecule has 0 aromatic heterocycles. The van der Waals surface area contributed by atoms with Crippen LogP contribution >= 0.6 is 0 Å². The molecule has 3 N–H and O–H groups in total. The maximum absolute atomic E-state index is 11.7. The van der Waals surface area contributed by atoms with E-state index in [2.05, 4.69) is 10.6 Å². The Morgan fingerprint density at radius 3 is 2.80 bits per heavy atom. The number of carbonyl (C=O) groups is 1. The quantitative estimate of drug-likeness (QED) is 0.717. The highest BCUT2D eigenvalue weighted by atomic mass is 16.5. The van der Waals surface area contributed by atoms with Gasteiger partial charge in [0.05, 0.1) is 18.8 Å². The number of amides is 2. The number of rotatable bonds is 7. The zero-order valence-electron chi connectivity index (χ0n) is 12.3. The lowest BCUT2D eigenvalue weighted by Crippen LogP contribution is -2.38. The lowest BCUT2D eigenvalue weighted by atomic mass is 10.1. The Balaban J connectivity index is 2.46. The summed E-state index contributed by atoms with van der Waals surface area (Å²) < 4.78 is 5.44. The first-order chi connectivity index (χ1) is 9.52. The molecule has 0 saturated heterocycles. The van der Waals surface area contributed by atoms with Gasteiger partial charge < -0.3 is 20.5 Å². The third-order valence-electron chi connectivity index (χ3n) is 2.86. The van der Waals surface area contributed by atoms with Crippen LogP contribution in [0, 0.1) is 0 Å². The van der Waals surface area contributed by atoms with Crippen LogP contribution in [-0.2, 0) is 0 Å². The third-order valence-corrected chi connectivity index (χ3v) is 2.86. The van der Waals surface area contributed by atoms with Gasteiger partial charge in [0.15, 0.2) is 0 Å². The molecule has 0 fully saturated rings. The number of ether oxygens (including phenoxy) is 1. The second kappa shape index (κ2) is 8.43. The average Bonchev–Trinajstić information content (AvgIpc) is 2.39. The van der Waals surface area contributed by atoms with E-state index in [-0.39, 0.29) is 12.1 Å². The van der Waals surface area contributed by atoms with Crippen molar-refractivity contribution in [1.82, 2.24) is 10.6 Å². The smallest absolute Gasteiger partial charge is 0.315 e. The maximum Gasteiger partial charge on any atom is 0.315 e. The fourth-order valence-corrected chi connectivity index (χ4v) is 1.77. The highest BCUT2D eigenvalue weighted by molar-refractivity contribution is 5.74. The van der Waals surface area contributed by atoms with Gasteiger partial charge in [0.1, 0.15) is 5.75 Å². The molecule has 0 aliphatic carbocycles. The van der Waals surface area contributed by atoms with Crippen LogP contribution in [0.1, 0.15) is 38.8 Å². The largest absolute Gasteiger partial charge is 0.494 e. The summed E-state index contributed by atoms with van der Waals surface area (Å²) in [7, 11) is 0. The molecule has 20 heavy (non-hydrogen) atoms. The maximum atomic E-state index is 11.7. The van der Waals surface area contributed by atoms with Gasteiger partial charge in [-0.05, 0) is 44.9 Å². The van der Waals surface area contributed by atoms with E-state index >= 15 is 0 Å². The third kappa shape index (κ3) is 5.93. The van der Waals surface area contributed by atoms with Crippen LogP contribution in [-0.4, -0.2) is 30.4 Å². The number of carbonyl (C=O) groups excluding carboxylic acids is 1. The molecule has 1 rings (SSSR count). The van der Waals surface area contributed by atoms with Crippen LogP contribution < -0.4 is 15.4 Å². The molecule has 5 nitrogen and oxygen atoms in total. The predicted octanol–water partition coefficient (Wildman–Crippen LogP) is 2.22. The summed E-state index contributed by atoms with van der Waals surface area (Å²) in [6.45, 7) is 6.62. The molecule has 0 aliphatic heterocycles. The minimum atomic E-state index is -0.407. The summed E-state index contributed by atoms with van der Waals surface area (Å²) in [6, 6.07) is 7.32. The van der Waals surface area contributed by atoms with Gasteiger partial charge in [-0.25, -0.2) is 4.79 Å². The van der Waals surface area contributed by atoms with E-state index < -0.39 is 6.10 Å². The zero-order chi connectivity index (χ0) is 15.0. The second-order valence-electron chi connectivity index (χ2n) is 4.77. The first kappa shape index (κ1) is 16.3. The van der Waals surface area contributed by atoms with E-state index in [1.807, 2.05) is 38.1 Å². The standard InChI is InChI=1S/C15H24N2O3/c1-4-20-14-7-5-6-13(10-14)12(3)17-15(19)16-9-8-11(2)18/h5-7,10-12,18H,4,8-9H2,1-3H3,(H2,16,17,19). The molecule has 1 aromatic carbocycles. The lowest BCUT2D eigenvalue weighted by Gasteiger charge is -2.16. The van der Waals surface area contributed by atoms with Crippen LogP contribution in [0.2, 0.25) is 0 Å². The van der Waals surface area contributed by atoms with Crippen molar-refractivity contribution in [2.45, 2.75) is 39.3 Å². The molecule has 0 radical (unpaired) electrons. The number of aliphatic hydroxyl groups is 1. The van der Waals surface area contributed by atoms with E-state index in [9.17, 15) is 4.79 Å². The summed E-state index contributed by atoms with van der Waals surface area (Å²) in [5.74, 6) is 0.799. The monoisotopic (exact) mass is 280 g/mol. The van der Waals surface area contributed by atoms with Crippen LogP contribution in [0.4, 0.5) is 4.79 Å². The van der Waals surface area contributed by atoms with Gasteiger partial charge in [-0.2, -0.15) is 0 Å². The van der Waals surface area contributed by atoms with Crippen molar-refractivity contribution in [2.75, 3.05) is 13.2 Å². The Hall–Kier alpha value is -1.75. The van der Waals surface area contributed by atoms with E-state index in [0.29, 0.717) is 19.6 Å². The van der Waals surface area contributed by atoms with E-state index in [4.69, 9.17) is 9.84 Å². The van der Waals surface area contributed by atoms with Crippen molar-refractivity contribution in [1.29, 1.82) is 0 Å². The van der Waals surface area contributed by atoms with Crippen LogP contribution in [0.15, 0.2) is 24.3 Å². The molecular weight excluding hydrogens is 256 g/mol. The molecule has 0 heterocycles.